The third-order valence-electron chi connectivity index (χ3n) is 2.93. The lowest BCUT2D eigenvalue weighted by atomic mass is 10.2. The molecule has 0 spiro atoms. The van der Waals surface area contributed by atoms with Crippen molar-refractivity contribution in [3.63, 3.8) is 0 Å². The van der Waals surface area contributed by atoms with Gasteiger partial charge in [0, 0.05) is 12.2 Å². The summed E-state index contributed by atoms with van der Waals surface area (Å²) in [5.41, 5.74) is 7.26. The molecule has 2 N–H and O–H groups in total. The lowest BCUT2D eigenvalue weighted by Crippen LogP contribution is -2.19. The van der Waals surface area contributed by atoms with Crippen molar-refractivity contribution in [3.8, 4) is 0 Å². The van der Waals surface area contributed by atoms with Gasteiger partial charge >= 0.3 is 5.69 Å². The molecule has 2 aromatic rings. The number of hydrogen-bond donors (Lipinski definition) is 1. The molecule has 0 bridgehead atoms. The Hall–Kier alpha value is -2.70. The van der Waals surface area contributed by atoms with E-state index in [4.69, 9.17) is 5.73 Å². The van der Waals surface area contributed by atoms with Gasteiger partial charge in [-0.25, -0.2) is 9.97 Å². The average Bonchev–Trinajstić information content (AvgIpc) is 2.41. The highest BCUT2D eigenvalue weighted by molar-refractivity contribution is 5.74. The van der Waals surface area contributed by atoms with Crippen molar-refractivity contribution < 1.29 is 4.92 Å². The predicted octanol–water partition coefficient (Wildman–Crippen LogP) is 2.43. The van der Waals surface area contributed by atoms with E-state index in [2.05, 4.69) is 9.97 Å². The Morgan fingerprint density at radius 2 is 1.95 bits per heavy atom. The van der Waals surface area contributed by atoms with Crippen LogP contribution in [0, 0.1) is 17.0 Å². The van der Waals surface area contributed by atoms with E-state index >= 15 is 0 Å². The molecule has 0 aliphatic rings. The molecule has 0 radical (unpaired) electrons. The molecular weight excluding hydrogens is 258 g/mol. The molecule has 0 unspecified atom stereocenters. The van der Waals surface area contributed by atoms with Crippen molar-refractivity contribution in [2.75, 3.05) is 17.2 Å². The maximum Gasteiger partial charge on any atom is 0.353 e. The quantitative estimate of drug-likeness (QED) is 0.678. The van der Waals surface area contributed by atoms with Crippen molar-refractivity contribution in [1.29, 1.82) is 0 Å². The molecule has 0 atom stereocenters. The monoisotopic (exact) mass is 273 g/mol. The largest absolute Gasteiger partial charge is 0.378 e. The Labute approximate surface area is 116 Å². The van der Waals surface area contributed by atoms with Crippen LogP contribution < -0.4 is 10.6 Å². The van der Waals surface area contributed by atoms with Crippen LogP contribution in [0.2, 0.25) is 0 Å². The van der Waals surface area contributed by atoms with E-state index in [-0.39, 0.29) is 17.3 Å². The van der Waals surface area contributed by atoms with Gasteiger partial charge in [-0.1, -0.05) is 17.7 Å². The number of nitrogens with two attached hydrogens (primary N) is 1. The number of rotatable bonds is 4. The summed E-state index contributed by atoms with van der Waals surface area (Å²) >= 11 is 0. The van der Waals surface area contributed by atoms with Crippen LogP contribution in [0.3, 0.4) is 0 Å². The fraction of sp³-hybridized carbons (Fsp3) is 0.231. The van der Waals surface area contributed by atoms with Gasteiger partial charge in [-0.15, -0.1) is 0 Å². The van der Waals surface area contributed by atoms with Gasteiger partial charge in [0.25, 0.3) is 0 Å². The van der Waals surface area contributed by atoms with Crippen LogP contribution in [0.25, 0.3) is 0 Å². The highest BCUT2D eigenvalue weighted by Gasteiger charge is 2.25. The van der Waals surface area contributed by atoms with Crippen molar-refractivity contribution in [2.45, 2.75) is 13.8 Å². The van der Waals surface area contributed by atoms with E-state index in [1.807, 2.05) is 38.1 Å². The van der Waals surface area contributed by atoms with E-state index in [9.17, 15) is 10.1 Å². The van der Waals surface area contributed by atoms with Crippen LogP contribution in [-0.2, 0) is 0 Å². The number of nitrogens with zero attached hydrogens (tertiary/aromatic N) is 4. The Bertz CT molecular complexity index is 627. The molecule has 0 fully saturated rings. The highest BCUT2D eigenvalue weighted by atomic mass is 16.6. The third-order valence-corrected chi connectivity index (χ3v) is 2.93. The number of hydrogen-bond acceptors (Lipinski definition) is 6. The number of nitro groups is 1. The Kier molecular flexibility index (Phi) is 3.79. The second-order valence-electron chi connectivity index (χ2n) is 4.27. The van der Waals surface area contributed by atoms with E-state index in [0.717, 1.165) is 11.3 Å². The summed E-state index contributed by atoms with van der Waals surface area (Å²) in [7, 11) is 0. The van der Waals surface area contributed by atoms with Crippen molar-refractivity contribution >= 4 is 23.0 Å². The first-order chi connectivity index (χ1) is 9.54. The molecule has 7 nitrogen and oxygen atoms in total. The Morgan fingerprint density at radius 3 is 2.50 bits per heavy atom. The minimum atomic E-state index is -0.554. The van der Waals surface area contributed by atoms with E-state index < -0.39 is 4.92 Å². The number of aryl methyl sites for hydroxylation is 1. The molecule has 0 saturated carbocycles. The zero-order valence-electron chi connectivity index (χ0n) is 11.3. The molecule has 0 saturated heterocycles. The van der Waals surface area contributed by atoms with Gasteiger partial charge in [0.15, 0.2) is 0 Å². The van der Waals surface area contributed by atoms with Gasteiger partial charge in [-0.2, -0.15) is 0 Å². The molecule has 0 amide bonds. The maximum absolute atomic E-state index is 11.2. The highest BCUT2D eigenvalue weighted by Crippen LogP contribution is 2.34. The standard InChI is InChI=1S/C13H15N5O2/c1-3-17(10-6-4-9(2)5-7-10)13-11(18(19)20)12(14)15-8-16-13/h4-8H,3H2,1-2H3,(H2,14,15,16). The van der Waals surface area contributed by atoms with Gasteiger partial charge in [-0.3, -0.25) is 10.1 Å². The molecule has 2 rings (SSSR count). The first-order valence-corrected chi connectivity index (χ1v) is 6.13. The predicted molar refractivity (Wildman–Crippen MR) is 77.0 cm³/mol. The van der Waals surface area contributed by atoms with Crippen molar-refractivity contribution in [3.05, 3.63) is 46.3 Å². The molecule has 104 valence electrons. The lowest BCUT2D eigenvalue weighted by molar-refractivity contribution is -0.383. The molecule has 1 aromatic heterocycles. The molecular formula is C13H15N5O2. The number of nitrogen functional groups attached to an aromatic ring is 1. The first-order valence-electron chi connectivity index (χ1n) is 6.13. The minimum Gasteiger partial charge on any atom is -0.378 e. The average molecular weight is 273 g/mol. The van der Waals surface area contributed by atoms with Crippen molar-refractivity contribution in [2.24, 2.45) is 0 Å². The van der Waals surface area contributed by atoms with Crippen molar-refractivity contribution in [1.82, 2.24) is 9.97 Å². The van der Waals surface area contributed by atoms with E-state index in [1.54, 1.807) is 4.90 Å². The van der Waals surface area contributed by atoms with Gasteiger partial charge in [-0.05, 0) is 26.0 Å². The summed E-state index contributed by atoms with van der Waals surface area (Å²) < 4.78 is 0. The second kappa shape index (κ2) is 5.52. The van der Waals surface area contributed by atoms with Crippen LogP contribution in [0.15, 0.2) is 30.6 Å². The number of anilines is 3. The zero-order valence-corrected chi connectivity index (χ0v) is 11.3. The van der Waals surface area contributed by atoms with Crippen LogP contribution in [0.4, 0.5) is 23.0 Å². The Morgan fingerprint density at radius 1 is 1.30 bits per heavy atom. The van der Waals surface area contributed by atoms with Gasteiger partial charge in [0.05, 0.1) is 4.92 Å². The second-order valence-corrected chi connectivity index (χ2v) is 4.27. The molecule has 1 heterocycles. The van der Waals surface area contributed by atoms with Crippen LogP contribution in [-0.4, -0.2) is 21.4 Å². The summed E-state index contributed by atoms with van der Waals surface area (Å²) in [5, 5.41) is 11.2. The summed E-state index contributed by atoms with van der Waals surface area (Å²) in [6.45, 7) is 4.40. The molecule has 7 heteroatoms. The SMILES string of the molecule is CCN(c1ccc(C)cc1)c1ncnc(N)c1[N+](=O)[O-]. The molecule has 20 heavy (non-hydrogen) atoms. The minimum absolute atomic E-state index is 0.134. The third kappa shape index (κ3) is 2.51. The fourth-order valence-electron chi connectivity index (χ4n) is 1.93. The molecule has 0 aliphatic carbocycles. The molecule has 1 aromatic carbocycles. The normalized spacial score (nSPS) is 10.3. The maximum atomic E-state index is 11.2. The zero-order chi connectivity index (χ0) is 14.7. The van der Waals surface area contributed by atoms with Crippen LogP contribution in [0.5, 0.6) is 0 Å². The van der Waals surface area contributed by atoms with Gasteiger partial charge < -0.3 is 10.6 Å². The van der Waals surface area contributed by atoms with Gasteiger partial charge in [0.2, 0.25) is 11.6 Å². The number of aromatic nitrogens is 2. The first kappa shape index (κ1) is 13.7. The fourth-order valence-corrected chi connectivity index (χ4v) is 1.93. The van der Waals surface area contributed by atoms with Crippen LogP contribution in [0.1, 0.15) is 12.5 Å². The summed E-state index contributed by atoms with van der Waals surface area (Å²) in [6.07, 6.45) is 1.23. The van der Waals surface area contributed by atoms with E-state index in [1.165, 1.54) is 6.33 Å². The topological polar surface area (TPSA) is 98.2 Å². The summed E-state index contributed by atoms with van der Waals surface area (Å²) in [5.74, 6) is 0.0689. The lowest BCUT2D eigenvalue weighted by Gasteiger charge is -2.21. The van der Waals surface area contributed by atoms with Crippen LogP contribution >= 0.6 is 0 Å². The molecule has 0 aliphatic heterocycles. The number of benzene rings is 1. The van der Waals surface area contributed by atoms with Gasteiger partial charge in [0.1, 0.15) is 6.33 Å². The summed E-state index contributed by atoms with van der Waals surface area (Å²) in [6, 6.07) is 7.66. The smallest absolute Gasteiger partial charge is 0.353 e. The Balaban J connectivity index is 2.55. The van der Waals surface area contributed by atoms with E-state index in [0.29, 0.717) is 6.54 Å². The summed E-state index contributed by atoms with van der Waals surface area (Å²) in [4.78, 5) is 20.1.